The number of hydrogen-bond acceptors (Lipinski definition) is 2. The maximum atomic E-state index is 12.0. The molecule has 1 amide bonds. The highest BCUT2D eigenvalue weighted by Gasteiger charge is 2.25. The molecular weight excluding hydrogens is 232 g/mol. The van der Waals surface area contributed by atoms with Crippen LogP contribution in [-0.4, -0.2) is 28.9 Å². The van der Waals surface area contributed by atoms with Gasteiger partial charge in [0, 0.05) is 25.4 Å². The summed E-state index contributed by atoms with van der Waals surface area (Å²) >= 11 is 4.96. The number of carbonyl (C=O) groups is 1. The number of rotatable bonds is 4. The Morgan fingerprint density at radius 1 is 1.47 bits per heavy atom. The van der Waals surface area contributed by atoms with E-state index in [2.05, 4.69) is 13.8 Å². The Kier molecular flexibility index (Phi) is 5.37. The Labute approximate surface area is 110 Å². The van der Waals surface area contributed by atoms with E-state index in [9.17, 15) is 4.79 Å². The summed E-state index contributed by atoms with van der Waals surface area (Å²) in [5, 5.41) is 0. The molecule has 0 bridgehead atoms. The molecule has 0 radical (unpaired) electrons. The lowest BCUT2D eigenvalue weighted by Crippen LogP contribution is -2.37. The van der Waals surface area contributed by atoms with Gasteiger partial charge in [-0.05, 0) is 24.7 Å². The van der Waals surface area contributed by atoms with Crippen molar-refractivity contribution in [2.45, 2.75) is 40.0 Å². The molecule has 3 nitrogen and oxygen atoms in total. The summed E-state index contributed by atoms with van der Waals surface area (Å²) in [6.45, 7) is 8.00. The van der Waals surface area contributed by atoms with E-state index in [1.807, 2.05) is 11.8 Å². The minimum Gasteiger partial charge on any atom is -0.393 e. The topological polar surface area (TPSA) is 46.3 Å². The van der Waals surface area contributed by atoms with Gasteiger partial charge in [-0.1, -0.05) is 33.0 Å². The molecule has 1 saturated heterocycles. The van der Waals surface area contributed by atoms with Gasteiger partial charge in [0.15, 0.2) is 0 Å². The van der Waals surface area contributed by atoms with Crippen LogP contribution in [-0.2, 0) is 4.79 Å². The highest BCUT2D eigenvalue weighted by atomic mass is 32.1. The molecular formula is C13H24N2OS. The van der Waals surface area contributed by atoms with Crippen LogP contribution in [0, 0.1) is 17.8 Å². The van der Waals surface area contributed by atoms with Crippen LogP contribution >= 0.6 is 12.2 Å². The zero-order valence-corrected chi connectivity index (χ0v) is 11.9. The van der Waals surface area contributed by atoms with Crippen molar-refractivity contribution in [3.8, 4) is 0 Å². The SMILES string of the molecule is CC(CN1CCC(C(C)C)CCC1=O)C(N)=S. The van der Waals surface area contributed by atoms with Gasteiger partial charge in [-0.15, -0.1) is 0 Å². The molecule has 0 aromatic heterocycles. The first-order chi connectivity index (χ1) is 7.91. The molecule has 1 aliphatic rings. The predicted octanol–water partition coefficient (Wildman–Crippen LogP) is 2.19. The normalized spacial score (nSPS) is 23.6. The third-order valence-corrected chi connectivity index (χ3v) is 4.18. The molecule has 4 heteroatoms. The van der Waals surface area contributed by atoms with E-state index >= 15 is 0 Å². The van der Waals surface area contributed by atoms with Crippen molar-refractivity contribution < 1.29 is 4.79 Å². The monoisotopic (exact) mass is 256 g/mol. The number of carbonyl (C=O) groups excluding carboxylic acids is 1. The van der Waals surface area contributed by atoms with E-state index < -0.39 is 0 Å². The van der Waals surface area contributed by atoms with Crippen LogP contribution in [0.4, 0.5) is 0 Å². The molecule has 1 rings (SSSR count). The van der Waals surface area contributed by atoms with Gasteiger partial charge in [-0.2, -0.15) is 0 Å². The van der Waals surface area contributed by atoms with Gasteiger partial charge in [0.2, 0.25) is 5.91 Å². The van der Waals surface area contributed by atoms with Crippen molar-refractivity contribution in [3.63, 3.8) is 0 Å². The van der Waals surface area contributed by atoms with Crippen LogP contribution in [0.1, 0.15) is 40.0 Å². The Hall–Kier alpha value is -0.640. The zero-order chi connectivity index (χ0) is 13.0. The number of nitrogens with zero attached hydrogens (tertiary/aromatic N) is 1. The van der Waals surface area contributed by atoms with Gasteiger partial charge in [0.1, 0.15) is 0 Å². The van der Waals surface area contributed by atoms with Crippen molar-refractivity contribution in [3.05, 3.63) is 0 Å². The van der Waals surface area contributed by atoms with Gasteiger partial charge in [-0.3, -0.25) is 4.79 Å². The second kappa shape index (κ2) is 6.34. The summed E-state index contributed by atoms with van der Waals surface area (Å²) in [4.78, 5) is 14.4. The van der Waals surface area contributed by atoms with E-state index in [1.165, 1.54) is 0 Å². The average molecular weight is 256 g/mol. The molecule has 1 aliphatic heterocycles. The van der Waals surface area contributed by atoms with Crippen LogP contribution in [0.5, 0.6) is 0 Å². The van der Waals surface area contributed by atoms with E-state index in [-0.39, 0.29) is 11.8 Å². The van der Waals surface area contributed by atoms with Crippen LogP contribution in [0.3, 0.4) is 0 Å². The lowest BCUT2D eigenvalue weighted by Gasteiger charge is -2.24. The number of thiocarbonyl (C=S) groups is 1. The van der Waals surface area contributed by atoms with Crippen molar-refractivity contribution in [2.75, 3.05) is 13.1 Å². The molecule has 2 atom stereocenters. The molecule has 2 unspecified atom stereocenters. The van der Waals surface area contributed by atoms with Gasteiger partial charge in [-0.25, -0.2) is 0 Å². The van der Waals surface area contributed by atoms with Crippen molar-refractivity contribution in [1.82, 2.24) is 4.90 Å². The van der Waals surface area contributed by atoms with Crippen LogP contribution in [0.2, 0.25) is 0 Å². The highest BCUT2D eigenvalue weighted by molar-refractivity contribution is 7.80. The standard InChI is InChI=1S/C13H24N2OS/c1-9(2)11-4-5-12(16)15(7-6-11)8-10(3)13(14)17/h9-11H,4-8H2,1-3H3,(H2,14,17). The van der Waals surface area contributed by atoms with E-state index in [4.69, 9.17) is 18.0 Å². The van der Waals surface area contributed by atoms with E-state index in [0.29, 0.717) is 29.8 Å². The third kappa shape index (κ3) is 4.26. The molecule has 1 heterocycles. The molecule has 0 aromatic carbocycles. The zero-order valence-electron chi connectivity index (χ0n) is 11.1. The van der Waals surface area contributed by atoms with Crippen molar-refractivity contribution in [2.24, 2.45) is 23.5 Å². The van der Waals surface area contributed by atoms with Crippen molar-refractivity contribution in [1.29, 1.82) is 0 Å². The molecule has 1 fully saturated rings. The molecule has 0 spiro atoms. The largest absolute Gasteiger partial charge is 0.393 e. The molecule has 0 aromatic rings. The minimum atomic E-state index is 0.115. The quantitative estimate of drug-likeness (QED) is 0.784. The number of hydrogen-bond donors (Lipinski definition) is 1. The maximum Gasteiger partial charge on any atom is 0.222 e. The summed E-state index contributed by atoms with van der Waals surface area (Å²) < 4.78 is 0. The second-order valence-corrected chi connectivity index (χ2v) is 5.95. The Morgan fingerprint density at radius 3 is 2.65 bits per heavy atom. The molecule has 17 heavy (non-hydrogen) atoms. The number of amides is 1. The lowest BCUT2D eigenvalue weighted by molar-refractivity contribution is -0.130. The molecule has 0 saturated carbocycles. The van der Waals surface area contributed by atoms with E-state index in [0.717, 1.165) is 19.4 Å². The predicted molar refractivity (Wildman–Crippen MR) is 74.7 cm³/mol. The van der Waals surface area contributed by atoms with Crippen LogP contribution in [0.15, 0.2) is 0 Å². The summed E-state index contributed by atoms with van der Waals surface area (Å²) in [6.07, 6.45) is 2.80. The summed E-state index contributed by atoms with van der Waals surface area (Å²) in [7, 11) is 0. The average Bonchev–Trinajstić information content (AvgIpc) is 2.42. The smallest absolute Gasteiger partial charge is 0.222 e. The maximum absolute atomic E-state index is 12.0. The summed E-state index contributed by atoms with van der Waals surface area (Å²) in [6, 6.07) is 0. The fraction of sp³-hybridized carbons (Fsp3) is 0.846. The third-order valence-electron chi connectivity index (χ3n) is 3.77. The van der Waals surface area contributed by atoms with E-state index in [1.54, 1.807) is 0 Å². The summed E-state index contributed by atoms with van der Waals surface area (Å²) in [5.41, 5.74) is 5.61. The minimum absolute atomic E-state index is 0.115. The van der Waals surface area contributed by atoms with Crippen molar-refractivity contribution >= 4 is 23.1 Å². The highest BCUT2D eigenvalue weighted by Crippen LogP contribution is 2.25. The van der Waals surface area contributed by atoms with Crippen LogP contribution in [0.25, 0.3) is 0 Å². The summed E-state index contributed by atoms with van der Waals surface area (Å²) in [5.74, 6) is 1.71. The Bertz CT molecular complexity index is 291. The molecule has 98 valence electrons. The Balaban J connectivity index is 2.56. The lowest BCUT2D eigenvalue weighted by atomic mass is 9.89. The Morgan fingerprint density at radius 2 is 2.12 bits per heavy atom. The van der Waals surface area contributed by atoms with Crippen LogP contribution < -0.4 is 5.73 Å². The van der Waals surface area contributed by atoms with Gasteiger partial charge in [0.25, 0.3) is 0 Å². The fourth-order valence-electron chi connectivity index (χ4n) is 2.34. The number of nitrogens with two attached hydrogens (primary N) is 1. The van der Waals surface area contributed by atoms with Gasteiger partial charge >= 0.3 is 0 Å². The second-order valence-electron chi connectivity index (χ2n) is 5.47. The molecule has 2 N–H and O–H groups in total. The first-order valence-corrected chi connectivity index (χ1v) is 6.89. The molecule has 0 aliphatic carbocycles. The number of likely N-dealkylation sites (tertiary alicyclic amines) is 1. The first-order valence-electron chi connectivity index (χ1n) is 6.49. The first kappa shape index (κ1) is 14.4. The van der Waals surface area contributed by atoms with Gasteiger partial charge in [0.05, 0.1) is 4.99 Å². The fourth-order valence-corrected chi connectivity index (χ4v) is 2.41. The van der Waals surface area contributed by atoms with Gasteiger partial charge < -0.3 is 10.6 Å².